The Hall–Kier alpha value is -3.08. The minimum absolute atomic E-state index is 0.0774. The zero-order chi connectivity index (χ0) is 24.2. The van der Waals surface area contributed by atoms with Crippen LogP contribution in [0.15, 0.2) is 72.9 Å². The lowest BCUT2D eigenvalue weighted by Gasteiger charge is -2.13. The maximum atomic E-state index is 12.3. The van der Waals surface area contributed by atoms with Gasteiger partial charge < -0.3 is 15.2 Å². The van der Waals surface area contributed by atoms with Gasteiger partial charge in [0, 0.05) is 0 Å². The second kappa shape index (κ2) is 18.5. The Bertz CT molecular complexity index is 808. The van der Waals surface area contributed by atoms with Gasteiger partial charge in [-0.1, -0.05) is 81.0 Å². The van der Waals surface area contributed by atoms with Gasteiger partial charge in [-0.2, -0.15) is 0 Å². The number of esters is 1. The van der Waals surface area contributed by atoms with E-state index in [1.165, 1.54) is 18.6 Å². The van der Waals surface area contributed by atoms with E-state index >= 15 is 0 Å². The van der Waals surface area contributed by atoms with Gasteiger partial charge in [0.2, 0.25) is 0 Å². The summed E-state index contributed by atoms with van der Waals surface area (Å²) >= 11 is 0. The van der Waals surface area contributed by atoms with Crippen LogP contribution in [-0.2, 0) is 9.53 Å². The summed E-state index contributed by atoms with van der Waals surface area (Å²) in [5.74, 6) is -0.923. The van der Waals surface area contributed by atoms with Gasteiger partial charge in [-0.05, 0) is 50.7 Å². The average molecular weight is 454 g/mol. The number of ether oxygens (including phenoxy) is 1. The van der Waals surface area contributed by atoms with Crippen molar-refractivity contribution in [2.45, 2.75) is 58.8 Å². The van der Waals surface area contributed by atoms with Crippen molar-refractivity contribution in [2.75, 3.05) is 13.2 Å². The van der Waals surface area contributed by atoms with Gasteiger partial charge in [0.05, 0.1) is 18.0 Å². The van der Waals surface area contributed by atoms with Gasteiger partial charge >= 0.3 is 5.97 Å². The normalized spacial score (nSPS) is 12.8. The van der Waals surface area contributed by atoms with Crippen molar-refractivity contribution >= 4 is 11.9 Å². The smallest absolute Gasteiger partial charge is 0.309 e. The first kappa shape index (κ1) is 28.0. The Morgan fingerprint density at radius 1 is 0.939 bits per heavy atom. The van der Waals surface area contributed by atoms with E-state index in [-0.39, 0.29) is 36.4 Å². The van der Waals surface area contributed by atoms with E-state index in [1.807, 2.05) is 13.0 Å². The summed E-state index contributed by atoms with van der Waals surface area (Å²) in [6.07, 6.45) is 23.6. The number of para-hydroxylation sites is 1. The molecule has 1 aromatic rings. The second-order valence-corrected chi connectivity index (χ2v) is 7.66. The highest BCUT2D eigenvalue weighted by Gasteiger charge is 2.16. The number of hydrogen-bond acceptors (Lipinski definition) is 4. The number of allylic oxidation sites excluding steroid dienone is 8. The van der Waals surface area contributed by atoms with Crippen molar-refractivity contribution in [2.24, 2.45) is 5.92 Å². The Kier molecular flexibility index (Phi) is 15.7. The second-order valence-electron chi connectivity index (χ2n) is 7.66. The topological polar surface area (TPSA) is 75.6 Å². The average Bonchev–Trinajstić information content (AvgIpc) is 2.82. The molecule has 0 aliphatic carbocycles. The number of carbonyl (C=O) groups excluding carboxylic acids is 2. The minimum Gasteiger partial charge on any atom is -0.507 e. The molecule has 5 heteroatoms. The van der Waals surface area contributed by atoms with Gasteiger partial charge in [0.1, 0.15) is 12.4 Å². The van der Waals surface area contributed by atoms with Gasteiger partial charge in [-0.3, -0.25) is 9.59 Å². The van der Waals surface area contributed by atoms with Crippen molar-refractivity contribution in [3.8, 4) is 5.75 Å². The molecule has 1 amide bonds. The number of hydrogen-bond donors (Lipinski definition) is 2. The summed E-state index contributed by atoms with van der Waals surface area (Å²) < 4.78 is 5.30. The molecular formula is C28H39NO4. The number of rotatable bonds is 16. The quantitative estimate of drug-likeness (QED) is 0.176. The lowest BCUT2D eigenvalue weighted by atomic mass is 10.0. The van der Waals surface area contributed by atoms with Gasteiger partial charge in [0.15, 0.2) is 0 Å². The summed E-state index contributed by atoms with van der Waals surface area (Å²) in [4.78, 5) is 24.3. The SMILES string of the molecule is CCC/C=C\C/C=C\C/C=C\C/C=C\CC(CC)C(=O)OCCNC(=O)c1ccccc1O. The van der Waals surface area contributed by atoms with Gasteiger partial charge in [-0.15, -0.1) is 0 Å². The van der Waals surface area contributed by atoms with Gasteiger partial charge in [-0.25, -0.2) is 0 Å². The van der Waals surface area contributed by atoms with Crippen molar-refractivity contribution < 1.29 is 19.4 Å². The molecule has 0 aliphatic heterocycles. The molecule has 33 heavy (non-hydrogen) atoms. The molecule has 1 aromatic carbocycles. The first-order valence-corrected chi connectivity index (χ1v) is 11.9. The van der Waals surface area contributed by atoms with Crippen LogP contribution < -0.4 is 5.32 Å². The van der Waals surface area contributed by atoms with Crippen LogP contribution >= 0.6 is 0 Å². The van der Waals surface area contributed by atoms with Crippen LogP contribution in [0.2, 0.25) is 0 Å². The molecule has 0 radical (unpaired) electrons. The molecule has 0 heterocycles. The molecule has 0 fully saturated rings. The number of aromatic hydroxyl groups is 1. The fourth-order valence-electron chi connectivity index (χ4n) is 2.98. The number of phenols is 1. The van der Waals surface area contributed by atoms with Crippen molar-refractivity contribution in [3.63, 3.8) is 0 Å². The fourth-order valence-corrected chi connectivity index (χ4v) is 2.98. The third-order valence-corrected chi connectivity index (χ3v) is 4.97. The first-order chi connectivity index (χ1) is 16.1. The molecule has 0 saturated carbocycles. The largest absolute Gasteiger partial charge is 0.507 e. The fraction of sp³-hybridized carbons (Fsp3) is 0.429. The predicted octanol–water partition coefficient (Wildman–Crippen LogP) is 6.28. The highest BCUT2D eigenvalue weighted by atomic mass is 16.5. The number of nitrogens with one attached hydrogen (secondary N) is 1. The number of unbranched alkanes of at least 4 members (excludes halogenated alkanes) is 1. The van der Waals surface area contributed by atoms with Crippen LogP contribution in [-0.4, -0.2) is 30.1 Å². The van der Waals surface area contributed by atoms with E-state index in [0.717, 1.165) is 25.7 Å². The molecule has 0 aromatic heterocycles. The summed E-state index contributed by atoms with van der Waals surface area (Å²) in [5.41, 5.74) is 0.199. The van der Waals surface area contributed by atoms with Crippen molar-refractivity contribution in [1.82, 2.24) is 5.32 Å². The lowest BCUT2D eigenvalue weighted by Crippen LogP contribution is -2.29. The Morgan fingerprint density at radius 2 is 1.55 bits per heavy atom. The zero-order valence-electron chi connectivity index (χ0n) is 20.0. The molecule has 0 spiro atoms. The highest BCUT2D eigenvalue weighted by Crippen LogP contribution is 2.15. The highest BCUT2D eigenvalue weighted by molar-refractivity contribution is 5.96. The minimum atomic E-state index is -0.397. The Labute approximate surface area is 198 Å². The van der Waals surface area contributed by atoms with E-state index in [4.69, 9.17) is 4.74 Å². The maximum absolute atomic E-state index is 12.3. The van der Waals surface area contributed by atoms with E-state index in [0.29, 0.717) is 12.8 Å². The van der Waals surface area contributed by atoms with Crippen molar-refractivity contribution in [1.29, 1.82) is 0 Å². The van der Waals surface area contributed by atoms with E-state index in [1.54, 1.807) is 12.1 Å². The number of phenolic OH excluding ortho intramolecular Hbond substituents is 1. The number of amides is 1. The van der Waals surface area contributed by atoms with Gasteiger partial charge in [0.25, 0.3) is 5.91 Å². The molecule has 0 saturated heterocycles. The molecule has 2 N–H and O–H groups in total. The zero-order valence-corrected chi connectivity index (χ0v) is 20.0. The Morgan fingerprint density at radius 3 is 2.15 bits per heavy atom. The molecule has 1 atom stereocenters. The monoisotopic (exact) mass is 453 g/mol. The van der Waals surface area contributed by atoms with Crippen LogP contribution in [0.5, 0.6) is 5.75 Å². The number of carbonyl (C=O) groups is 2. The molecule has 0 aliphatic rings. The summed E-state index contributed by atoms with van der Waals surface area (Å²) in [6, 6.07) is 6.32. The van der Waals surface area contributed by atoms with Crippen molar-refractivity contribution in [3.05, 3.63) is 78.4 Å². The van der Waals surface area contributed by atoms with E-state index in [2.05, 4.69) is 54.8 Å². The Balaban J connectivity index is 2.19. The first-order valence-electron chi connectivity index (χ1n) is 11.9. The van der Waals surface area contributed by atoms with E-state index < -0.39 is 5.91 Å². The third kappa shape index (κ3) is 13.2. The molecule has 1 rings (SSSR count). The van der Waals surface area contributed by atoms with Crippen LogP contribution in [0.25, 0.3) is 0 Å². The third-order valence-electron chi connectivity index (χ3n) is 4.97. The summed E-state index contributed by atoms with van der Waals surface area (Å²) in [6.45, 7) is 4.44. The van der Waals surface area contributed by atoms with Crippen LogP contribution in [0.4, 0.5) is 0 Å². The standard InChI is InChI=1S/C28H39NO4/c1-3-5-6-7-8-9-10-11-12-13-14-15-16-19-24(4-2)28(32)33-23-22-29-27(31)25-20-17-18-21-26(25)30/h6-7,9-10,12-13,15-18,20-21,24,30H,3-5,8,11,14,19,22-23H2,1-2H3,(H,29,31)/b7-6-,10-9-,13-12-,16-15-. The molecule has 0 bridgehead atoms. The molecule has 180 valence electrons. The van der Waals surface area contributed by atoms with Crippen LogP contribution in [0.1, 0.15) is 69.2 Å². The molecule has 5 nitrogen and oxygen atoms in total. The molecule has 1 unspecified atom stereocenters. The lowest BCUT2D eigenvalue weighted by molar-refractivity contribution is -0.148. The van der Waals surface area contributed by atoms with E-state index in [9.17, 15) is 14.7 Å². The summed E-state index contributed by atoms with van der Waals surface area (Å²) in [7, 11) is 0. The van der Waals surface area contributed by atoms with Crippen LogP contribution in [0, 0.1) is 5.92 Å². The summed E-state index contributed by atoms with van der Waals surface area (Å²) in [5, 5.41) is 12.3. The predicted molar refractivity (Wildman–Crippen MR) is 135 cm³/mol. The maximum Gasteiger partial charge on any atom is 0.309 e. The van der Waals surface area contributed by atoms with Crippen LogP contribution in [0.3, 0.4) is 0 Å². The molecular weight excluding hydrogens is 414 g/mol. The number of benzene rings is 1.